The second-order valence-corrected chi connectivity index (χ2v) is 7.83. The van der Waals surface area contributed by atoms with Crippen LogP contribution in [0.2, 0.25) is 0 Å². The van der Waals surface area contributed by atoms with E-state index in [1.54, 1.807) is 20.3 Å². The maximum atomic E-state index is 5.80. The van der Waals surface area contributed by atoms with Crippen LogP contribution in [0.3, 0.4) is 0 Å². The lowest BCUT2D eigenvalue weighted by atomic mass is 10.1. The third-order valence-corrected chi connectivity index (χ3v) is 5.44. The predicted octanol–water partition coefficient (Wildman–Crippen LogP) is 3.89. The summed E-state index contributed by atoms with van der Waals surface area (Å²) in [6, 6.07) is 21.9. The van der Waals surface area contributed by atoms with Crippen molar-refractivity contribution >= 4 is 5.82 Å². The zero-order valence-electron chi connectivity index (χ0n) is 19.0. The van der Waals surface area contributed by atoms with Gasteiger partial charge < -0.3 is 20.1 Å². The van der Waals surface area contributed by atoms with E-state index in [0.29, 0.717) is 11.5 Å². The van der Waals surface area contributed by atoms with Gasteiger partial charge in [0, 0.05) is 19.6 Å². The number of anilines is 1. The van der Waals surface area contributed by atoms with E-state index in [-0.39, 0.29) is 0 Å². The monoisotopic (exact) mass is 440 g/mol. The van der Waals surface area contributed by atoms with Gasteiger partial charge in [-0.25, -0.2) is 4.98 Å². The van der Waals surface area contributed by atoms with E-state index in [0.717, 1.165) is 43.5 Å². The Balaban J connectivity index is 1.54. The van der Waals surface area contributed by atoms with Gasteiger partial charge in [-0.15, -0.1) is 0 Å². The van der Waals surface area contributed by atoms with Gasteiger partial charge in [-0.1, -0.05) is 30.3 Å². The molecule has 6 heteroatoms. The highest BCUT2D eigenvalue weighted by Crippen LogP contribution is 2.21. The molecule has 4 rings (SSSR count). The van der Waals surface area contributed by atoms with Gasteiger partial charge in [0.1, 0.15) is 23.0 Å². The second kappa shape index (κ2) is 10.6. The predicted molar refractivity (Wildman–Crippen MR) is 130 cm³/mol. The molecule has 0 saturated heterocycles. The fourth-order valence-electron chi connectivity index (χ4n) is 3.69. The molecule has 3 aromatic rings. The zero-order valence-corrected chi connectivity index (χ0v) is 19.0. The average molecular weight is 441 g/mol. The standard InChI is InChI=1S/C27H28N4O2/c1-32-25-12-6-21(7-13-25)18-30-17-16-24(11-10-23-4-3-5-27(28)29-23)31(20-30)19-22-8-14-26(33-2)15-9-22/h3-9,12-16H,17-20H2,1-2H3,(H2,28,29). The van der Waals surface area contributed by atoms with E-state index in [2.05, 4.69) is 57.0 Å². The van der Waals surface area contributed by atoms with Crippen LogP contribution < -0.4 is 15.2 Å². The fourth-order valence-corrected chi connectivity index (χ4v) is 3.69. The maximum Gasteiger partial charge on any atom is 0.124 e. The number of allylic oxidation sites excluding steroid dienone is 1. The summed E-state index contributed by atoms with van der Waals surface area (Å²) in [6.45, 7) is 3.17. The molecule has 1 aromatic heterocycles. The van der Waals surface area contributed by atoms with Crippen molar-refractivity contribution in [2.24, 2.45) is 0 Å². The lowest BCUT2D eigenvalue weighted by molar-refractivity contribution is 0.149. The molecule has 0 atom stereocenters. The van der Waals surface area contributed by atoms with Gasteiger partial charge in [0.2, 0.25) is 0 Å². The molecular formula is C27H28N4O2. The number of hydrogen-bond acceptors (Lipinski definition) is 6. The molecule has 2 N–H and O–H groups in total. The van der Waals surface area contributed by atoms with Crippen molar-refractivity contribution in [1.82, 2.24) is 14.8 Å². The number of nitrogen functional groups attached to an aromatic ring is 1. The molecule has 6 nitrogen and oxygen atoms in total. The number of pyridine rings is 1. The quantitative estimate of drug-likeness (QED) is 0.587. The molecule has 0 saturated carbocycles. The highest BCUT2D eigenvalue weighted by Gasteiger charge is 2.19. The average Bonchev–Trinajstić information content (AvgIpc) is 2.84. The Morgan fingerprint density at radius 1 is 0.848 bits per heavy atom. The number of nitrogens with two attached hydrogens (primary N) is 1. The molecule has 0 unspecified atom stereocenters. The Labute approximate surface area is 195 Å². The molecule has 0 aliphatic carbocycles. The summed E-state index contributed by atoms with van der Waals surface area (Å²) in [6.07, 6.45) is 2.18. The summed E-state index contributed by atoms with van der Waals surface area (Å²) in [7, 11) is 3.36. The highest BCUT2D eigenvalue weighted by molar-refractivity contribution is 5.41. The maximum absolute atomic E-state index is 5.80. The van der Waals surface area contributed by atoms with E-state index in [1.807, 2.05) is 36.4 Å². The van der Waals surface area contributed by atoms with E-state index in [4.69, 9.17) is 15.2 Å². The first-order chi connectivity index (χ1) is 16.1. The zero-order chi connectivity index (χ0) is 23.0. The molecule has 33 heavy (non-hydrogen) atoms. The van der Waals surface area contributed by atoms with Crippen LogP contribution in [0.15, 0.2) is 78.5 Å². The topological polar surface area (TPSA) is 63.9 Å². The Morgan fingerprint density at radius 3 is 2.09 bits per heavy atom. The van der Waals surface area contributed by atoms with Gasteiger partial charge in [0.25, 0.3) is 0 Å². The van der Waals surface area contributed by atoms with E-state index in [1.165, 1.54) is 11.1 Å². The number of benzene rings is 2. The summed E-state index contributed by atoms with van der Waals surface area (Å²) < 4.78 is 10.6. The molecule has 168 valence electrons. The van der Waals surface area contributed by atoms with Crippen LogP contribution in [0.5, 0.6) is 11.5 Å². The van der Waals surface area contributed by atoms with E-state index < -0.39 is 0 Å². The lowest BCUT2D eigenvalue weighted by Gasteiger charge is -2.35. The van der Waals surface area contributed by atoms with Gasteiger partial charge in [-0.3, -0.25) is 4.90 Å². The van der Waals surface area contributed by atoms with Gasteiger partial charge in [0.15, 0.2) is 0 Å². The first-order valence-electron chi connectivity index (χ1n) is 10.8. The van der Waals surface area contributed by atoms with Gasteiger partial charge in [-0.05, 0) is 65.4 Å². The number of methoxy groups -OCH3 is 2. The Kier molecular flexibility index (Phi) is 7.13. The van der Waals surface area contributed by atoms with Crippen molar-refractivity contribution in [1.29, 1.82) is 0 Å². The molecule has 1 aliphatic heterocycles. The van der Waals surface area contributed by atoms with Crippen molar-refractivity contribution in [3.63, 3.8) is 0 Å². The summed E-state index contributed by atoms with van der Waals surface area (Å²) in [4.78, 5) is 8.96. The van der Waals surface area contributed by atoms with Crippen LogP contribution in [0, 0.1) is 11.8 Å². The molecule has 2 heterocycles. The van der Waals surface area contributed by atoms with Gasteiger partial charge in [-0.2, -0.15) is 0 Å². The second-order valence-electron chi connectivity index (χ2n) is 7.83. The summed E-state index contributed by atoms with van der Waals surface area (Å²) >= 11 is 0. The van der Waals surface area contributed by atoms with E-state index in [9.17, 15) is 0 Å². The summed E-state index contributed by atoms with van der Waals surface area (Å²) in [5.74, 6) is 8.66. The van der Waals surface area contributed by atoms with Crippen LogP contribution in [0.25, 0.3) is 0 Å². The van der Waals surface area contributed by atoms with Crippen molar-refractivity contribution < 1.29 is 9.47 Å². The number of hydrogen-bond donors (Lipinski definition) is 1. The minimum Gasteiger partial charge on any atom is -0.497 e. The third kappa shape index (κ3) is 6.06. The Morgan fingerprint density at radius 2 is 1.48 bits per heavy atom. The number of ether oxygens (including phenoxy) is 2. The van der Waals surface area contributed by atoms with E-state index >= 15 is 0 Å². The first kappa shape index (κ1) is 22.3. The SMILES string of the molecule is COc1ccc(CN2CC=C(C#Cc3cccc(N)n3)N(Cc3ccc(OC)cc3)C2)cc1. The first-order valence-corrected chi connectivity index (χ1v) is 10.8. The van der Waals surface area contributed by atoms with Crippen molar-refractivity contribution in [2.75, 3.05) is 33.2 Å². The number of nitrogens with zero attached hydrogens (tertiary/aromatic N) is 3. The third-order valence-electron chi connectivity index (χ3n) is 5.44. The smallest absolute Gasteiger partial charge is 0.124 e. The van der Waals surface area contributed by atoms with Gasteiger partial charge in [0.05, 0.1) is 26.6 Å². The molecule has 0 amide bonds. The van der Waals surface area contributed by atoms with Crippen molar-refractivity contribution in [2.45, 2.75) is 13.1 Å². The van der Waals surface area contributed by atoms with Gasteiger partial charge >= 0.3 is 0 Å². The van der Waals surface area contributed by atoms with Crippen LogP contribution in [0.4, 0.5) is 5.82 Å². The van der Waals surface area contributed by atoms with Crippen LogP contribution in [-0.2, 0) is 13.1 Å². The molecule has 2 aromatic carbocycles. The van der Waals surface area contributed by atoms with Crippen molar-refractivity contribution in [3.05, 3.63) is 95.3 Å². The Bertz CT molecular complexity index is 1160. The summed E-state index contributed by atoms with van der Waals surface area (Å²) in [5.41, 5.74) is 9.89. The molecular weight excluding hydrogens is 412 g/mol. The fraction of sp³-hybridized carbons (Fsp3) is 0.222. The number of aromatic nitrogens is 1. The molecule has 0 fully saturated rings. The highest BCUT2D eigenvalue weighted by atomic mass is 16.5. The van der Waals surface area contributed by atoms with Crippen LogP contribution in [-0.4, -0.2) is 42.2 Å². The van der Waals surface area contributed by atoms with Crippen LogP contribution in [0.1, 0.15) is 16.8 Å². The minimum absolute atomic E-state index is 0.472. The normalized spacial score (nSPS) is 13.6. The number of rotatable bonds is 6. The summed E-state index contributed by atoms with van der Waals surface area (Å²) in [5, 5.41) is 0. The molecule has 0 bridgehead atoms. The van der Waals surface area contributed by atoms with Crippen LogP contribution >= 0.6 is 0 Å². The minimum atomic E-state index is 0.472. The Hall–Kier alpha value is -3.95. The molecule has 0 spiro atoms. The lowest BCUT2D eigenvalue weighted by Crippen LogP contribution is -2.40. The molecule has 0 radical (unpaired) electrons. The molecule has 1 aliphatic rings. The largest absolute Gasteiger partial charge is 0.497 e. The van der Waals surface area contributed by atoms with Crippen molar-refractivity contribution in [3.8, 4) is 23.3 Å².